The number of nitrogens with one attached hydrogen (secondary N) is 2. The molecule has 0 saturated carbocycles. The second kappa shape index (κ2) is 6.83. The minimum Gasteiger partial charge on any atom is -0.371 e. The Morgan fingerprint density at radius 1 is 1.43 bits per heavy atom. The lowest BCUT2D eigenvalue weighted by Gasteiger charge is -2.14. The standard InChI is InChI=1S/C14H16Cl2N4O/c1-3-20-8-11(7-17-20)18-9(2)14(21)19-13-6-10(15)4-5-12(13)16/h4-9,18H,3H2,1-2H3,(H,19,21). The Balaban J connectivity index is 2.00. The number of carbonyl (C=O) groups is 1. The second-order valence-corrected chi connectivity index (χ2v) is 5.41. The molecular weight excluding hydrogens is 311 g/mol. The zero-order valence-electron chi connectivity index (χ0n) is 11.7. The van der Waals surface area contributed by atoms with Gasteiger partial charge < -0.3 is 10.6 Å². The lowest BCUT2D eigenvalue weighted by molar-refractivity contribution is -0.116. The van der Waals surface area contributed by atoms with Crippen molar-refractivity contribution in [2.45, 2.75) is 26.4 Å². The number of halogens is 2. The van der Waals surface area contributed by atoms with E-state index in [1.807, 2.05) is 13.1 Å². The van der Waals surface area contributed by atoms with E-state index in [0.717, 1.165) is 12.2 Å². The largest absolute Gasteiger partial charge is 0.371 e. The highest BCUT2D eigenvalue weighted by Crippen LogP contribution is 2.25. The van der Waals surface area contributed by atoms with Crippen molar-refractivity contribution in [3.8, 4) is 0 Å². The molecule has 0 bridgehead atoms. The van der Waals surface area contributed by atoms with Gasteiger partial charge in [0.15, 0.2) is 0 Å². The zero-order chi connectivity index (χ0) is 15.4. The molecule has 0 saturated heterocycles. The summed E-state index contributed by atoms with van der Waals surface area (Å²) in [6.45, 7) is 4.53. The number of benzene rings is 1. The van der Waals surface area contributed by atoms with Crippen molar-refractivity contribution in [1.29, 1.82) is 0 Å². The van der Waals surface area contributed by atoms with Crippen LogP contribution in [0, 0.1) is 0 Å². The van der Waals surface area contributed by atoms with Crippen LogP contribution < -0.4 is 10.6 Å². The molecule has 0 fully saturated rings. The number of aromatic nitrogens is 2. The highest BCUT2D eigenvalue weighted by atomic mass is 35.5. The number of hydrogen-bond acceptors (Lipinski definition) is 3. The van der Waals surface area contributed by atoms with Crippen molar-refractivity contribution in [3.05, 3.63) is 40.6 Å². The van der Waals surface area contributed by atoms with Gasteiger partial charge in [0.2, 0.25) is 5.91 Å². The van der Waals surface area contributed by atoms with Crippen LogP contribution in [0.3, 0.4) is 0 Å². The summed E-state index contributed by atoms with van der Waals surface area (Å²) < 4.78 is 1.78. The van der Waals surface area contributed by atoms with E-state index in [2.05, 4.69) is 15.7 Å². The van der Waals surface area contributed by atoms with Crippen molar-refractivity contribution in [2.24, 2.45) is 0 Å². The van der Waals surface area contributed by atoms with E-state index < -0.39 is 6.04 Å². The Labute approximate surface area is 133 Å². The SMILES string of the molecule is CCn1cc(NC(C)C(=O)Nc2cc(Cl)ccc2Cl)cn1. The number of nitrogens with zero attached hydrogens (tertiary/aromatic N) is 2. The van der Waals surface area contributed by atoms with Crippen LogP contribution in [0.2, 0.25) is 10.0 Å². The fourth-order valence-corrected chi connectivity index (χ4v) is 2.10. The number of amides is 1. The van der Waals surface area contributed by atoms with Gasteiger partial charge in [0.05, 0.1) is 22.6 Å². The minimum atomic E-state index is -0.436. The molecule has 7 heteroatoms. The van der Waals surface area contributed by atoms with Crippen molar-refractivity contribution in [1.82, 2.24) is 9.78 Å². The summed E-state index contributed by atoms with van der Waals surface area (Å²) in [5, 5.41) is 10.9. The summed E-state index contributed by atoms with van der Waals surface area (Å²) in [4.78, 5) is 12.2. The fraction of sp³-hybridized carbons (Fsp3) is 0.286. The molecule has 0 aliphatic rings. The molecule has 0 aliphatic carbocycles. The summed E-state index contributed by atoms with van der Waals surface area (Å²) in [6, 6.07) is 4.49. The lowest BCUT2D eigenvalue weighted by atomic mass is 10.2. The summed E-state index contributed by atoms with van der Waals surface area (Å²) in [6.07, 6.45) is 3.52. The average molecular weight is 327 g/mol. The van der Waals surface area contributed by atoms with E-state index in [-0.39, 0.29) is 5.91 Å². The maximum absolute atomic E-state index is 12.2. The highest BCUT2D eigenvalue weighted by molar-refractivity contribution is 6.35. The Morgan fingerprint density at radius 3 is 2.86 bits per heavy atom. The van der Waals surface area contributed by atoms with Crippen molar-refractivity contribution >= 4 is 40.5 Å². The first-order valence-corrected chi connectivity index (χ1v) is 7.30. The van der Waals surface area contributed by atoms with Gasteiger partial charge in [0.1, 0.15) is 6.04 Å². The predicted molar refractivity (Wildman–Crippen MR) is 86.1 cm³/mol. The predicted octanol–water partition coefficient (Wildman–Crippen LogP) is 3.65. The Bertz CT molecular complexity index is 642. The second-order valence-electron chi connectivity index (χ2n) is 4.56. The van der Waals surface area contributed by atoms with E-state index in [4.69, 9.17) is 23.2 Å². The van der Waals surface area contributed by atoms with Crippen LogP contribution in [0.1, 0.15) is 13.8 Å². The topological polar surface area (TPSA) is 59.0 Å². The number of carbonyl (C=O) groups excluding carboxylic acids is 1. The summed E-state index contributed by atoms with van der Waals surface area (Å²) in [5.41, 5.74) is 1.28. The van der Waals surface area contributed by atoms with Crippen LogP contribution in [-0.2, 0) is 11.3 Å². The maximum atomic E-state index is 12.2. The van der Waals surface area contributed by atoms with Gasteiger partial charge in [-0.05, 0) is 32.0 Å². The molecule has 0 spiro atoms. The molecule has 1 unspecified atom stereocenters. The van der Waals surface area contributed by atoms with Crippen molar-refractivity contribution in [2.75, 3.05) is 10.6 Å². The smallest absolute Gasteiger partial charge is 0.246 e. The van der Waals surface area contributed by atoms with Crippen LogP contribution in [-0.4, -0.2) is 21.7 Å². The molecule has 2 rings (SSSR count). The van der Waals surface area contributed by atoms with Gasteiger partial charge >= 0.3 is 0 Å². The number of hydrogen-bond donors (Lipinski definition) is 2. The van der Waals surface area contributed by atoms with E-state index in [0.29, 0.717) is 15.7 Å². The van der Waals surface area contributed by atoms with Crippen LogP contribution >= 0.6 is 23.2 Å². The molecule has 0 radical (unpaired) electrons. The highest BCUT2D eigenvalue weighted by Gasteiger charge is 2.15. The van der Waals surface area contributed by atoms with E-state index in [1.54, 1.807) is 36.0 Å². The first-order chi connectivity index (χ1) is 9.99. The van der Waals surface area contributed by atoms with Crippen LogP contribution in [0.25, 0.3) is 0 Å². The molecule has 5 nitrogen and oxygen atoms in total. The molecule has 1 atom stereocenters. The first kappa shape index (κ1) is 15.7. The lowest BCUT2D eigenvalue weighted by Crippen LogP contribution is -2.31. The molecule has 21 heavy (non-hydrogen) atoms. The number of aryl methyl sites for hydroxylation is 1. The van der Waals surface area contributed by atoms with Crippen molar-refractivity contribution in [3.63, 3.8) is 0 Å². The normalized spacial score (nSPS) is 12.0. The maximum Gasteiger partial charge on any atom is 0.246 e. The Hall–Kier alpha value is -1.72. The minimum absolute atomic E-state index is 0.205. The summed E-state index contributed by atoms with van der Waals surface area (Å²) in [5.74, 6) is -0.205. The third kappa shape index (κ3) is 4.12. The van der Waals surface area contributed by atoms with Crippen LogP contribution in [0.5, 0.6) is 0 Å². The summed E-state index contributed by atoms with van der Waals surface area (Å²) in [7, 11) is 0. The molecular formula is C14H16Cl2N4O. The third-order valence-electron chi connectivity index (χ3n) is 2.92. The number of anilines is 2. The van der Waals surface area contributed by atoms with Gasteiger partial charge in [-0.1, -0.05) is 23.2 Å². The molecule has 0 aliphatic heterocycles. The van der Waals surface area contributed by atoms with Gasteiger partial charge in [0.25, 0.3) is 0 Å². The van der Waals surface area contributed by atoms with Gasteiger partial charge in [0, 0.05) is 17.8 Å². The fourth-order valence-electron chi connectivity index (χ4n) is 1.76. The van der Waals surface area contributed by atoms with Gasteiger partial charge in [-0.2, -0.15) is 5.10 Å². The quantitative estimate of drug-likeness (QED) is 0.881. The number of rotatable bonds is 5. The van der Waals surface area contributed by atoms with E-state index >= 15 is 0 Å². The van der Waals surface area contributed by atoms with E-state index in [1.165, 1.54) is 0 Å². The monoisotopic (exact) mass is 326 g/mol. The molecule has 1 amide bonds. The zero-order valence-corrected chi connectivity index (χ0v) is 13.2. The molecule has 2 aromatic rings. The summed E-state index contributed by atoms with van der Waals surface area (Å²) >= 11 is 11.9. The average Bonchev–Trinajstić information content (AvgIpc) is 2.90. The molecule has 112 valence electrons. The van der Waals surface area contributed by atoms with Crippen LogP contribution in [0.15, 0.2) is 30.6 Å². The van der Waals surface area contributed by atoms with Crippen LogP contribution in [0.4, 0.5) is 11.4 Å². The van der Waals surface area contributed by atoms with Gasteiger partial charge in [-0.25, -0.2) is 0 Å². The van der Waals surface area contributed by atoms with Gasteiger partial charge in [-0.3, -0.25) is 9.48 Å². The molecule has 1 heterocycles. The Morgan fingerprint density at radius 2 is 2.19 bits per heavy atom. The molecule has 2 N–H and O–H groups in total. The third-order valence-corrected chi connectivity index (χ3v) is 3.48. The molecule has 1 aromatic carbocycles. The Kier molecular flexibility index (Phi) is 5.09. The molecule has 1 aromatic heterocycles. The first-order valence-electron chi connectivity index (χ1n) is 6.54. The van der Waals surface area contributed by atoms with Gasteiger partial charge in [-0.15, -0.1) is 0 Å². The van der Waals surface area contributed by atoms with E-state index in [9.17, 15) is 4.79 Å². The van der Waals surface area contributed by atoms with Crippen molar-refractivity contribution < 1.29 is 4.79 Å².